The number of carbonyl (C=O) groups is 1. The molecule has 0 radical (unpaired) electrons. The molecule has 1 aromatic heterocycles. The molecule has 3 rings (SSSR count). The fraction of sp³-hybridized carbons (Fsp3) is 0.500. The molecule has 1 aromatic carbocycles. The summed E-state index contributed by atoms with van der Waals surface area (Å²) in [6.45, 7) is 9.46. The number of aromatic nitrogens is 2. The first-order chi connectivity index (χ1) is 11.9. The number of aryl methyl sites for hydroxylation is 1. The summed E-state index contributed by atoms with van der Waals surface area (Å²) in [7, 11) is 1.97. The molecule has 0 aliphatic carbocycles. The fourth-order valence-corrected chi connectivity index (χ4v) is 3.55. The number of anilines is 1. The summed E-state index contributed by atoms with van der Waals surface area (Å²) in [5, 5.41) is 3.10. The Balaban J connectivity index is 1.87. The highest BCUT2D eigenvalue weighted by molar-refractivity contribution is 5.95. The molecule has 1 atom stereocenters. The monoisotopic (exact) mass is 340 g/mol. The van der Waals surface area contributed by atoms with E-state index in [0.717, 1.165) is 30.0 Å². The summed E-state index contributed by atoms with van der Waals surface area (Å²) in [5.74, 6) is 0.493. The molecule has 2 heterocycles. The van der Waals surface area contributed by atoms with E-state index in [1.54, 1.807) is 0 Å². The molecule has 1 amide bonds. The SMILES string of the molecule is CC(C)c1ccc(NC(=O)[C@H]2c3c(ncn3C)CCN2C(C)C)cc1. The van der Waals surface area contributed by atoms with E-state index in [4.69, 9.17) is 0 Å². The zero-order chi connectivity index (χ0) is 18.1. The Morgan fingerprint density at radius 3 is 2.48 bits per heavy atom. The van der Waals surface area contributed by atoms with Crippen LogP contribution in [0.15, 0.2) is 30.6 Å². The van der Waals surface area contributed by atoms with E-state index in [1.165, 1.54) is 5.56 Å². The van der Waals surface area contributed by atoms with Gasteiger partial charge in [0.25, 0.3) is 0 Å². The van der Waals surface area contributed by atoms with Gasteiger partial charge in [0.2, 0.25) is 5.91 Å². The van der Waals surface area contributed by atoms with E-state index in [1.807, 2.05) is 30.1 Å². The van der Waals surface area contributed by atoms with E-state index in [0.29, 0.717) is 12.0 Å². The maximum absolute atomic E-state index is 13.1. The van der Waals surface area contributed by atoms with Gasteiger partial charge in [-0.25, -0.2) is 4.98 Å². The van der Waals surface area contributed by atoms with Gasteiger partial charge in [0.1, 0.15) is 6.04 Å². The van der Waals surface area contributed by atoms with Gasteiger partial charge in [-0.05, 0) is 37.5 Å². The fourth-order valence-electron chi connectivity index (χ4n) is 3.55. The molecule has 1 aliphatic rings. The number of hydrogen-bond donors (Lipinski definition) is 1. The van der Waals surface area contributed by atoms with Crippen LogP contribution in [0.4, 0.5) is 5.69 Å². The Labute approximate surface area is 150 Å². The van der Waals surface area contributed by atoms with Gasteiger partial charge >= 0.3 is 0 Å². The Morgan fingerprint density at radius 2 is 1.88 bits per heavy atom. The van der Waals surface area contributed by atoms with Gasteiger partial charge in [0, 0.05) is 31.7 Å². The average molecular weight is 340 g/mol. The summed E-state index contributed by atoms with van der Waals surface area (Å²) in [5.41, 5.74) is 4.16. The summed E-state index contributed by atoms with van der Waals surface area (Å²) in [6, 6.07) is 8.12. The van der Waals surface area contributed by atoms with Crippen LogP contribution in [-0.4, -0.2) is 32.9 Å². The lowest BCUT2D eigenvalue weighted by Crippen LogP contribution is -2.46. The first kappa shape index (κ1) is 17.7. The van der Waals surface area contributed by atoms with Crippen molar-refractivity contribution in [1.29, 1.82) is 0 Å². The molecule has 0 fully saturated rings. The number of carbonyl (C=O) groups excluding carboxylic acids is 1. The minimum absolute atomic E-state index is 0.00977. The maximum Gasteiger partial charge on any atom is 0.247 e. The summed E-state index contributed by atoms with van der Waals surface area (Å²) in [6.07, 6.45) is 2.70. The van der Waals surface area contributed by atoms with E-state index in [-0.39, 0.29) is 11.9 Å². The summed E-state index contributed by atoms with van der Waals surface area (Å²) in [4.78, 5) is 19.8. The molecule has 0 unspecified atom stereocenters. The number of rotatable bonds is 4. The van der Waals surface area contributed by atoms with Crippen molar-refractivity contribution in [3.05, 3.63) is 47.5 Å². The number of nitrogens with one attached hydrogen (secondary N) is 1. The van der Waals surface area contributed by atoms with Crippen LogP contribution >= 0.6 is 0 Å². The Morgan fingerprint density at radius 1 is 1.20 bits per heavy atom. The molecule has 2 aromatic rings. The van der Waals surface area contributed by atoms with Crippen molar-refractivity contribution in [2.24, 2.45) is 7.05 Å². The van der Waals surface area contributed by atoms with Crippen LogP contribution in [0.3, 0.4) is 0 Å². The molecule has 134 valence electrons. The van der Waals surface area contributed by atoms with Crippen LogP contribution in [0.2, 0.25) is 0 Å². The van der Waals surface area contributed by atoms with Crippen molar-refractivity contribution in [1.82, 2.24) is 14.5 Å². The van der Waals surface area contributed by atoms with E-state index in [9.17, 15) is 4.79 Å². The van der Waals surface area contributed by atoms with Crippen molar-refractivity contribution >= 4 is 11.6 Å². The quantitative estimate of drug-likeness (QED) is 0.927. The van der Waals surface area contributed by atoms with Crippen molar-refractivity contribution in [2.75, 3.05) is 11.9 Å². The van der Waals surface area contributed by atoms with Crippen LogP contribution in [0, 0.1) is 0 Å². The van der Waals surface area contributed by atoms with Crippen LogP contribution in [0.1, 0.15) is 56.6 Å². The molecule has 1 aliphatic heterocycles. The number of hydrogen-bond acceptors (Lipinski definition) is 3. The van der Waals surface area contributed by atoms with Gasteiger partial charge in [-0.3, -0.25) is 9.69 Å². The molecule has 0 saturated carbocycles. The Bertz CT molecular complexity index is 746. The third-order valence-electron chi connectivity index (χ3n) is 5.02. The Kier molecular flexibility index (Phi) is 4.95. The van der Waals surface area contributed by atoms with Crippen molar-refractivity contribution < 1.29 is 4.79 Å². The van der Waals surface area contributed by atoms with Crippen LogP contribution < -0.4 is 5.32 Å². The third kappa shape index (κ3) is 3.47. The predicted octanol–water partition coefficient (Wildman–Crippen LogP) is 3.49. The number of fused-ring (bicyclic) bond motifs is 1. The van der Waals surface area contributed by atoms with Gasteiger partial charge in [0.05, 0.1) is 17.7 Å². The first-order valence-electron chi connectivity index (χ1n) is 9.05. The van der Waals surface area contributed by atoms with Crippen LogP contribution in [0.5, 0.6) is 0 Å². The zero-order valence-electron chi connectivity index (χ0n) is 15.8. The largest absolute Gasteiger partial charge is 0.336 e. The molecule has 5 heteroatoms. The van der Waals surface area contributed by atoms with Crippen LogP contribution in [-0.2, 0) is 18.3 Å². The highest BCUT2D eigenvalue weighted by atomic mass is 16.2. The minimum Gasteiger partial charge on any atom is -0.336 e. The third-order valence-corrected chi connectivity index (χ3v) is 5.02. The van der Waals surface area contributed by atoms with Crippen LogP contribution in [0.25, 0.3) is 0 Å². The topological polar surface area (TPSA) is 50.2 Å². The normalized spacial score (nSPS) is 17.8. The first-order valence-corrected chi connectivity index (χ1v) is 9.05. The molecule has 5 nitrogen and oxygen atoms in total. The minimum atomic E-state index is -0.305. The lowest BCUT2D eigenvalue weighted by Gasteiger charge is -2.37. The van der Waals surface area contributed by atoms with Crippen molar-refractivity contribution in [3.63, 3.8) is 0 Å². The second kappa shape index (κ2) is 7.00. The van der Waals surface area contributed by atoms with Gasteiger partial charge in [0.15, 0.2) is 0 Å². The highest BCUT2D eigenvalue weighted by Crippen LogP contribution is 2.31. The lowest BCUT2D eigenvalue weighted by molar-refractivity contribution is -0.123. The summed E-state index contributed by atoms with van der Waals surface area (Å²) >= 11 is 0. The molecule has 0 saturated heterocycles. The molecule has 0 bridgehead atoms. The van der Waals surface area contributed by atoms with Gasteiger partial charge in [-0.1, -0.05) is 26.0 Å². The van der Waals surface area contributed by atoms with E-state index in [2.05, 4.69) is 55.0 Å². The number of nitrogens with zero attached hydrogens (tertiary/aromatic N) is 3. The van der Waals surface area contributed by atoms with Gasteiger partial charge in [-0.15, -0.1) is 0 Å². The van der Waals surface area contributed by atoms with E-state index < -0.39 is 0 Å². The smallest absolute Gasteiger partial charge is 0.247 e. The average Bonchev–Trinajstić information content (AvgIpc) is 2.95. The van der Waals surface area contributed by atoms with Crippen molar-refractivity contribution in [3.8, 4) is 0 Å². The zero-order valence-corrected chi connectivity index (χ0v) is 15.8. The predicted molar refractivity (Wildman–Crippen MR) is 101 cm³/mol. The summed E-state index contributed by atoms with van der Waals surface area (Å²) < 4.78 is 1.98. The number of benzene rings is 1. The maximum atomic E-state index is 13.1. The standard InChI is InChI=1S/C20H28N4O/c1-13(2)15-6-8-16(9-7-15)22-20(25)19-18-17(21-12-23(18)5)10-11-24(19)14(3)4/h6-9,12-14,19H,10-11H2,1-5H3,(H,22,25)/t19-/m1/s1. The Hall–Kier alpha value is -2.14. The number of imidazole rings is 1. The second-order valence-corrected chi connectivity index (χ2v) is 7.44. The lowest BCUT2D eigenvalue weighted by atomic mass is 9.99. The molecule has 25 heavy (non-hydrogen) atoms. The highest BCUT2D eigenvalue weighted by Gasteiger charge is 2.37. The molecular formula is C20H28N4O. The van der Waals surface area contributed by atoms with Gasteiger partial charge < -0.3 is 9.88 Å². The number of amides is 1. The molecule has 1 N–H and O–H groups in total. The van der Waals surface area contributed by atoms with Gasteiger partial charge in [-0.2, -0.15) is 0 Å². The van der Waals surface area contributed by atoms with E-state index >= 15 is 0 Å². The molecular weight excluding hydrogens is 312 g/mol. The second-order valence-electron chi connectivity index (χ2n) is 7.44. The van der Waals surface area contributed by atoms with Crippen molar-refractivity contribution in [2.45, 2.75) is 52.1 Å². The molecule has 0 spiro atoms.